The summed E-state index contributed by atoms with van der Waals surface area (Å²) in [7, 11) is 0. The van der Waals surface area contributed by atoms with E-state index in [2.05, 4.69) is 55.2 Å². The summed E-state index contributed by atoms with van der Waals surface area (Å²) < 4.78 is 7.57. The predicted octanol–water partition coefficient (Wildman–Crippen LogP) is 4.60. The number of carbonyl (C=O) groups excluding carboxylic acids is 1. The number of carbonyl (C=O) groups is 1. The van der Waals surface area contributed by atoms with E-state index in [0.29, 0.717) is 12.4 Å². The lowest BCUT2D eigenvalue weighted by Gasteiger charge is -2.19. The molecule has 0 aliphatic heterocycles. The van der Waals surface area contributed by atoms with Gasteiger partial charge in [0.1, 0.15) is 5.75 Å². The second kappa shape index (κ2) is 9.34. The first-order chi connectivity index (χ1) is 14.3. The number of benzene rings is 2. The Balaban J connectivity index is 2.00. The van der Waals surface area contributed by atoms with Gasteiger partial charge in [-0.05, 0) is 42.2 Å². The van der Waals surface area contributed by atoms with E-state index in [1.54, 1.807) is 0 Å². The van der Waals surface area contributed by atoms with E-state index in [4.69, 9.17) is 10.5 Å². The van der Waals surface area contributed by atoms with Gasteiger partial charge in [-0.25, -0.2) is 0 Å². The molecule has 0 fully saturated rings. The van der Waals surface area contributed by atoms with E-state index < -0.39 is 0 Å². The number of rotatable bonds is 8. The molecular formula is C23H28N4O2S. The summed E-state index contributed by atoms with van der Waals surface area (Å²) in [6, 6.07) is 16.3. The average molecular weight is 425 g/mol. The Morgan fingerprint density at radius 2 is 1.73 bits per heavy atom. The molecule has 1 heterocycles. The molecule has 6 nitrogen and oxygen atoms in total. The number of hydrogen-bond donors (Lipinski definition) is 1. The molecule has 0 unspecified atom stereocenters. The number of amides is 1. The van der Waals surface area contributed by atoms with Crippen LogP contribution in [-0.4, -0.2) is 33.0 Å². The number of aromatic nitrogens is 3. The molecule has 2 aromatic carbocycles. The highest BCUT2D eigenvalue weighted by molar-refractivity contribution is 7.99. The van der Waals surface area contributed by atoms with E-state index in [9.17, 15) is 4.79 Å². The molecule has 30 heavy (non-hydrogen) atoms. The van der Waals surface area contributed by atoms with E-state index in [0.717, 1.165) is 28.0 Å². The smallest absolute Gasteiger partial charge is 0.218 e. The maximum atomic E-state index is 11.1. The Morgan fingerprint density at radius 1 is 1.07 bits per heavy atom. The van der Waals surface area contributed by atoms with Crippen LogP contribution in [-0.2, 0) is 10.2 Å². The molecule has 1 amide bonds. The Bertz CT molecular complexity index is 990. The number of nitrogens with zero attached hydrogens (tertiary/aromatic N) is 3. The molecule has 158 valence electrons. The van der Waals surface area contributed by atoms with Crippen LogP contribution in [0.3, 0.4) is 0 Å². The summed E-state index contributed by atoms with van der Waals surface area (Å²) >= 11 is 1.46. The molecule has 1 aromatic heterocycles. The van der Waals surface area contributed by atoms with Gasteiger partial charge >= 0.3 is 0 Å². The second-order valence-electron chi connectivity index (χ2n) is 7.96. The van der Waals surface area contributed by atoms with E-state index in [1.165, 1.54) is 17.3 Å². The average Bonchev–Trinajstić information content (AvgIpc) is 3.12. The molecule has 0 atom stereocenters. The minimum Gasteiger partial charge on any atom is -0.494 e. The summed E-state index contributed by atoms with van der Waals surface area (Å²) in [4.78, 5) is 11.1. The minimum atomic E-state index is -0.326. The summed E-state index contributed by atoms with van der Waals surface area (Å²) in [6.07, 6.45) is 0.288. The quantitative estimate of drug-likeness (QED) is 0.535. The maximum absolute atomic E-state index is 11.1. The Hall–Kier alpha value is -2.80. The van der Waals surface area contributed by atoms with Crippen molar-refractivity contribution in [2.75, 3.05) is 12.4 Å². The van der Waals surface area contributed by atoms with E-state index in [1.807, 2.05) is 35.8 Å². The van der Waals surface area contributed by atoms with Crippen LogP contribution in [0.4, 0.5) is 0 Å². The van der Waals surface area contributed by atoms with Gasteiger partial charge in [0.05, 0.1) is 6.61 Å². The third-order valence-electron chi connectivity index (χ3n) is 4.63. The normalized spacial score (nSPS) is 11.5. The van der Waals surface area contributed by atoms with Gasteiger partial charge < -0.3 is 10.5 Å². The first-order valence-corrected chi connectivity index (χ1v) is 11.0. The molecule has 3 rings (SSSR count). The highest BCUT2D eigenvalue weighted by atomic mass is 32.2. The monoisotopic (exact) mass is 424 g/mol. The lowest BCUT2D eigenvalue weighted by molar-refractivity contribution is -0.117. The van der Waals surface area contributed by atoms with Crippen LogP contribution >= 0.6 is 11.8 Å². The maximum Gasteiger partial charge on any atom is 0.218 e. The topological polar surface area (TPSA) is 83.0 Å². The van der Waals surface area contributed by atoms with Gasteiger partial charge in [0.25, 0.3) is 0 Å². The second-order valence-corrected chi connectivity index (χ2v) is 9.02. The third-order valence-corrected chi connectivity index (χ3v) is 5.56. The van der Waals surface area contributed by atoms with Crippen molar-refractivity contribution >= 4 is 17.7 Å². The SMILES string of the molecule is CCOc1ccc(-n2c(SCCC(N)=O)nnc2-c2ccc(C(C)(C)C)cc2)cc1. The summed E-state index contributed by atoms with van der Waals surface area (Å²) in [5.74, 6) is 1.79. The lowest BCUT2D eigenvalue weighted by atomic mass is 9.87. The fraction of sp³-hybridized carbons (Fsp3) is 0.348. The molecular weight excluding hydrogens is 396 g/mol. The molecule has 0 spiro atoms. The van der Waals surface area contributed by atoms with Gasteiger partial charge in [-0.3, -0.25) is 9.36 Å². The molecule has 0 bridgehead atoms. The minimum absolute atomic E-state index is 0.0804. The van der Waals surface area contributed by atoms with Gasteiger partial charge in [-0.1, -0.05) is 56.8 Å². The standard InChI is InChI=1S/C23H28N4O2S/c1-5-29-19-12-10-18(11-13-19)27-21(25-26-22(27)30-15-14-20(24)28)16-6-8-17(9-7-16)23(2,3)4/h6-13H,5,14-15H2,1-4H3,(H2,24,28). The van der Waals surface area contributed by atoms with Gasteiger partial charge in [0.2, 0.25) is 5.91 Å². The third kappa shape index (κ3) is 5.21. The first-order valence-electron chi connectivity index (χ1n) is 10.00. The molecule has 2 N–H and O–H groups in total. The van der Waals surface area contributed by atoms with Gasteiger partial charge in [-0.2, -0.15) is 0 Å². The van der Waals surface area contributed by atoms with Crippen molar-refractivity contribution in [2.45, 2.75) is 44.7 Å². The van der Waals surface area contributed by atoms with Crippen LogP contribution in [0, 0.1) is 0 Å². The number of nitrogens with two attached hydrogens (primary N) is 1. The molecule has 7 heteroatoms. The van der Waals surface area contributed by atoms with Crippen LogP contribution in [0.1, 0.15) is 39.7 Å². The van der Waals surface area contributed by atoms with Crippen molar-refractivity contribution in [3.8, 4) is 22.8 Å². The lowest BCUT2D eigenvalue weighted by Crippen LogP contribution is -2.11. The van der Waals surface area contributed by atoms with Crippen molar-refractivity contribution in [2.24, 2.45) is 5.73 Å². The first kappa shape index (κ1) is 21.9. The van der Waals surface area contributed by atoms with Crippen LogP contribution in [0.25, 0.3) is 17.1 Å². The van der Waals surface area contributed by atoms with Crippen molar-refractivity contribution in [1.82, 2.24) is 14.8 Å². The van der Waals surface area contributed by atoms with Crippen molar-refractivity contribution < 1.29 is 9.53 Å². The predicted molar refractivity (Wildman–Crippen MR) is 121 cm³/mol. The van der Waals surface area contributed by atoms with Crippen LogP contribution in [0.5, 0.6) is 5.75 Å². The zero-order valence-corrected chi connectivity index (χ0v) is 18.7. The van der Waals surface area contributed by atoms with Crippen LogP contribution in [0.2, 0.25) is 0 Å². The molecule has 0 radical (unpaired) electrons. The molecule has 0 saturated carbocycles. The number of ether oxygens (including phenoxy) is 1. The molecule has 0 aliphatic rings. The Kier molecular flexibility index (Phi) is 6.82. The fourth-order valence-corrected chi connectivity index (χ4v) is 3.91. The fourth-order valence-electron chi connectivity index (χ4n) is 3.00. The molecule has 3 aromatic rings. The number of thioether (sulfide) groups is 1. The number of primary amides is 1. The van der Waals surface area contributed by atoms with Crippen LogP contribution < -0.4 is 10.5 Å². The summed E-state index contributed by atoms with van der Waals surface area (Å²) in [5.41, 5.74) is 8.53. The largest absolute Gasteiger partial charge is 0.494 e. The Morgan fingerprint density at radius 3 is 2.30 bits per heavy atom. The van der Waals surface area contributed by atoms with Crippen molar-refractivity contribution in [1.29, 1.82) is 0 Å². The summed E-state index contributed by atoms with van der Waals surface area (Å²) in [6.45, 7) is 9.15. The van der Waals surface area contributed by atoms with Crippen LogP contribution in [0.15, 0.2) is 53.7 Å². The Labute approximate surface area is 181 Å². The van der Waals surface area contributed by atoms with Crippen molar-refractivity contribution in [3.05, 3.63) is 54.1 Å². The highest BCUT2D eigenvalue weighted by Crippen LogP contribution is 2.31. The van der Waals surface area contributed by atoms with Crippen molar-refractivity contribution in [3.63, 3.8) is 0 Å². The highest BCUT2D eigenvalue weighted by Gasteiger charge is 2.18. The molecule has 0 aliphatic carbocycles. The van der Waals surface area contributed by atoms with Gasteiger partial charge in [0.15, 0.2) is 11.0 Å². The molecule has 0 saturated heterocycles. The zero-order valence-electron chi connectivity index (χ0n) is 17.9. The summed E-state index contributed by atoms with van der Waals surface area (Å²) in [5, 5.41) is 9.56. The van der Waals surface area contributed by atoms with E-state index >= 15 is 0 Å². The van der Waals surface area contributed by atoms with Gasteiger partial charge in [-0.15, -0.1) is 10.2 Å². The van der Waals surface area contributed by atoms with Gasteiger partial charge in [0, 0.05) is 23.4 Å². The zero-order chi connectivity index (χ0) is 21.7. The number of hydrogen-bond acceptors (Lipinski definition) is 5. The van der Waals surface area contributed by atoms with E-state index in [-0.39, 0.29) is 17.7 Å².